The third kappa shape index (κ3) is 3.80. The summed E-state index contributed by atoms with van der Waals surface area (Å²) in [6.07, 6.45) is 0. The predicted octanol–water partition coefficient (Wildman–Crippen LogP) is 3.36. The first kappa shape index (κ1) is 20.4. The van der Waals surface area contributed by atoms with Gasteiger partial charge in [-0.15, -0.1) is 12.4 Å². The highest BCUT2D eigenvalue weighted by molar-refractivity contribution is 6.03. The van der Waals surface area contributed by atoms with Crippen molar-refractivity contribution in [3.63, 3.8) is 0 Å². The Bertz CT molecular complexity index is 851. The minimum atomic E-state index is -0.961. The van der Waals surface area contributed by atoms with E-state index in [1.165, 1.54) is 12.1 Å². The molecule has 0 atom stereocenters. The van der Waals surface area contributed by atoms with Crippen LogP contribution in [0.1, 0.15) is 19.4 Å². The quantitative estimate of drug-likeness (QED) is 0.850. The molecule has 2 heterocycles. The molecule has 0 spiro atoms. The van der Waals surface area contributed by atoms with E-state index in [1.54, 1.807) is 30.9 Å². The van der Waals surface area contributed by atoms with Gasteiger partial charge >= 0.3 is 0 Å². The van der Waals surface area contributed by atoms with E-state index in [2.05, 4.69) is 10.2 Å². The van der Waals surface area contributed by atoms with Crippen LogP contribution in [0.15, 0.2) is 42.5 Å². The third-order valence-corrected chi connectivity index (χ3v) is 5.09. The lowest BCUT2D eigenvalue weighted by molar-refractivity contribution is -0.132. The molecule has 7 heteroatoms. The van der Waals surface area contributed by atoms with Gasteiger partial charge < -0.3 is 19.9 Å². The maximum atomic E-state index is 13.3. The Balaban J connectivity index is 0.00000225. The average Bonchev–Trinajstić information content (AvgIpc) is 2.67. The second kappa shape index (κ2) is 7.97. The fourth-order valence-corrected chi connectivity index (χ4v) is 3.65. The van der Waals surface area contributed by atoms with Crippen molar-refractivity contribution < 1.29 is 13.9 Å². The number of halogens is 2. The molecule has 1 fully saturated rings. The second-order valence-electron chi connectivity index (χ2n) is 7.49. The number of anilines is 2. The molecule has 28 heavy (non-hydrogen) atoms. The molecule has 5 nitrogen and oxygen atoms in total. The number of nitrogens with one attached hydrogen (secondary N) is 1. The molecular weight excluding hydrogens is 381 g/mol. The SMILES string of the molecule is CC1(C)Oc2c(N3CCNCC3)cccc2N(Cc2ccc(F)cc2)C1=O.Cl. The van der Waals surface area contributed by atoms with Crippen molar-refractivity contribution in [2.24, 2.45) is 0 Å². The molecule has 0 bridgehead atoms. The van der Waals surface area contributed by atoms with E-state index >= 15 is 0 Å². The number of hydrogen-bond donors (Lipinski definition) is 1. The summed E-state index contributed by atoms with van der Waals surface area (Å²) in [5, 5.41) is 3.36. The highest BCUT2D eigenvalue weighted by Gasteiger charge is 2.42. The zero-order valence-corrected chi connectivity index (χ0v) is 16.9. The van der Waals surface area contributed by atoms with Gasteiger partial charge in [-0.2, -0.15) is 0 Å². The largest absolute Gasteiger partial charge is 0.474 e. The fourth-order valence-electron chi connectivity index (χ4n) is 3.65. The summed E-state index contributed by atoms with van der Waals surface area (Å²) in [5.41, 5.74) is 1.69. The minimum Gasteiger partial charge on any atom is -0.474 e. The number of fused-ring (bicyclic) bond motifs is 1. The van der Waals surface area contributed by atoms with Crippen LogP contribution in [0.25, 0.3) is 0 Å². The number of para-hydroxylation sites is 1. The maximum absolute atomic E-state index is 13.3. The molecule has 150 valence electrons. The average molecular weight is 406 g/mol. The van der Waals surface area contributed by atoms with Crippen LogP contribution in [0, 0.1) is 5.82 Å². The van der Waals surface area contributed by atoms with Crippen LogP contribution in [0.4, 0.5) is 15.8 Å². The summed E-state index contributed by atoms with van der Waals surface area (Å²) in [4.78, 5) is 17.1. The highest BCUT2D eigenvalue weighted by atomic mass is 35.5. The molecule has 0 radical (unpaired) electrons. The zero-order valence-electron chi connectivity index (χ0n) is 16.1. The molecule has 0 unspecified atom stereocenters. The van der Waals surface area contributed by atoms with E-state index in [1.807, 2.05) is 18.2 Å². The number of hydrogen-bond acceptors (Lipinski definition) is 4. The Kier molecular flexibility index (Phi) is 5.82. The number of benzene rings is 2. The van der Waals surface area contributed by atoms with Crippen molar-refractivity contribution in [3.05, 3.63) is 53.8 Å². The van der Waals surface area contributed by atoms with Gasteiger partial charge in [-0.3, -0.25) is 4.79 Å². The van der Waals surface area contributed by atoms with Gasteiger partial charge in [0.15, 0.2) is 11.4 Å². The lowest BCUT2D eigenvalue weighted by atomic mass is 10.0. The third-order valence-electron chi connectivity index (χ3n) is 5.09. The lowest BCUT2D eigenvalue weighted by Gasteiger charge is -2.41. The minimum absolute atomic E-state index is 0. The Morgan fingerprint density at radius 1 is 1.07 bits per heavy atom. The van der Waals surface area contributed by atoms with Crippen molar-refractivity contribution in [3.8, 4) is 5.75 Å². The first-order valence-corrected chi connectivity index (χ1v) is 9.30. The van der Waals surface area contributed by atoms with E-state index in [-0.39, 0.29) is 24.1 Å². The molecule has 2 aliphatic rings. The van der Waals surface area contributed by atoms with Crippen molar-refractivity contribution in [1.82, 2.24) is 5.32 Å². The van der Waals surface area contributed by atoms with Crippen LogP contribution >= 0.6 is 12.4 Å². The first-order valence-electron chi connectivity index (χ1n) is 9.30. The normalized spacial score (nSPS) is 18.2. The van der Waals surface area contributed by atoms with Crippen LogP contribution in [0.5, 0.6) is 5.75 Å². The molecule has 0 aliphatic carbocycles. The molecule has 1 amide bonds. The van der Waals surface area contributed by atoms with Gasteiger partial charge in [-0.25, -0.2) is 4.39 Å². The summed E-state index contributed by atoms with van der Waals surface area (Å²) < 4.78 is 19.4. The van der Waals surface area contributed by atoms with Gasteiger partial charge in [0.1, 0.15) is 5.82 Å². The molecule has 0 saturated carbocycles. The summed E-state index contributed by atoms with van der Waals surface area (Å²) in [6, 6.07) is 12.2. The number of amides is 1. The van der Waals surface area contributed by atoms with Crippen molar-refractivity contribution in [2.45, 2.75) is 26.0 Å². The summed E-state index contributed by atoms with van der Waals surface area (Å²) in [6.45, 7) is 7.60. The number of carbonyl (C=O) groups is 1. The highest BCUT2D eigenvalue weighted by Crippen LogP contribution is 2.45. The molecule has 4 rings (SSSR count). The Hall–Kier alpha value is -2.31. The molecule has 1 saturated heterocycles. The number of carbonyl (C=O) groups excluding carboxylic acids is 1. The standard InChI is InChI=1S/C21H24FN3O2.ClH/c1-21(2)20(26)25(14-15-6-8-16(22)9-7-15)18-5-3-4-17(19(18)27-21)24-12-10-23-11-13-24;/h3-9,23H,10-14H2,1-2H3;1H. The van der Waals surface area contributed by atoms with Gasteiger partial charge in [-0.1, -0.05) is 18.2 Å². The molecule has 2 aromatic rings. The Morgan fingerprint density at radius 3 is 2.39 bits per heavy atom. The second-order valence-corrected chi connectivity index (χ2v) is 7.49. The Morgan fingerprint density at radius 2 is 1.71 bits per heavy atom. The van der Waals surface area contributed by atoms with Crippen LogP contribution in [0.3, 0.4) is 0 Å². The van der Waals surface area contributed by atoms with E-state index in [0.717, 1.165) is 48.9 Å². The smallest absolute Gasteiger partial charge is 0.271 e. The van der Waals surface area contributed by atoms with Crippen LogP contribution in [-0.4, -0.2) is 37.7 Å². The van der Waals surface area contributed by atoms with Gasteiger partial charge in [0, 0.05) is 26.2 Å². The lowest BCUT2D eigenvalue weighted by Crippen LogP contribution is -2.52. The van der Waals surface area contributed by atoms with Gasteiger partial charge in [0.25, 0.3) is 5.91 Å². The van der Waals surface area contributed by atoms with Crippen molar-refractivity contribution >= 4 is 29.7 Å². The molecular formula is C21H25ClFN3O2. The predicted molar refractivity (Wildman–Crippen MR) is 111 cm³/mol. The Labute approximate surface area is 170 Å². The van der Waals surface area contributed by atoms with E-state index in [9.17, 15) is 9.18 Å². The number of rotatable bonds is 3. The van der Waals surface area contributed by atoms with Gasteiger partial charge in [0.05, 0.1) is 17.9 Å². The van der Waals surface area contributed by atoms with Crippen LogP contribution in [-0.2, 0) is 11.3 Å². The number of piperazine rings is 1. The molecule has 2 aliphatic heterocycles. The number of ether oxygens (including phenoxy) is 1. The monoisotopic (exact) mass is 405 g/mol. The van der Waals surface area contributed by atoms with Crippen molar-refractivity contribution in [2.75, 3.05) is 36.0 Å². The molecule has 0 aromatic heterocycles. The fraction of sp³-hybridized carbons (Fsp3) is 0.381. The topological polar surface area (TPSA) is 44.8 Å². The molecule has 1 N–H and O–H groups in total. The zero-order chi connectivity index (χ0) is 19.0. The van der Waals surface area contributed by atoms with E-state index < -0.39 is 5.60 Å². The van der Waals surface area contributed by atoms with E-state index in [0.29, 0.717) is 6.54 Å². The molecule has 2 aromatic carbocycles. The number of nitrogens with zero attached hydrogens (tertiary/aromatic N) is 2. The van der Waals surface area contributed by atoms with Crippen LogP contribution < -0.4 is 19.9 Å². The first-order chi connectivity index (χ1) is 13.0. The van der Waals surface area contributed by atoms with E-state index in [4.69, 9.17) is 4.74 Å². The van der Waals surface area contributed by atoms with Gasteiger partial charge in [-0.05, 0) is 43.7 Å². The van der Waals surface area contributed by atoms with Crippen LogP contribution in [0.2, 0.25) is 0 Å². The summed E-state index contributed by atoms with van der Waals surface area (Å²) in [5.74, 6) is 0.358. The summed E-state index contributed by atoms with van der Waals surface area (Å²) >= 11 is 0. The summed E-state index contributed by atoms with van der Waals surface area (Å²) in [7, 11) is 0. The van der Waals surface area contributed by atoms with Crippen molar-refractivity contribution in [1.29, 1.82) is 0 Å². The maximum Gasteiger partial charge on any atom is 0.271 e. The van der Waals surface area contributed by atoms with Gasteiger partial charge in [0.2, 0.25) is 0 Å².